The zero-order valence-electron chi connectivity index (χ0n) is 18.5. The minimum Gasteiger partial charge on any atom is -0.493 e. The van der Waals surface area contributed by atoms with Gasteiger partial charge in [0.15, 0.2) is 0 Å². The molecule has 2 heterocycles. The standard InChI is InChI=1S/C28H27NO3/c1-20-8-9-21(2)29(20)26-16-23(10-13-27(26)32-18-22-6-4-3-5-7-22)19-31-25-12-11-24-14-15-30-28(24)17-25/h3-13,16-17H,14-15,18-19H2,1-2H3. The quantitative estimate of drug-likeness (QED) is 0.354. The topological polar surface area (TPSA) is 32.6 Å². The summed E-state index contributed by atoms with van der Waals surface area (Å²) in [6.07, 6.45) is 0.971. The van der Waals surface area contributed by atoms with E-state index < -0.39 is 0 Å². The molecule has 0 N–H and O–H groups in total. The second-order valence-electron chi connectivity index (χ2n) is 8.18. The third-order valence-corrected chi connectivity index (χ3v) is 5.85. The number of benzene rings is 3. The third kappa shape index (κ3) is 4.22. The molecule has 0 aliphatic carbocycles. The molecule has 0 radical (unpaired) electrons. The highest BCUT2D eigenvalue weighted by atomic mass is 16.5. The summed E-state index contributed by atoms with van der Waals surface area (Å²) in [5, 5.41) is 0. The van der Waals surface area contributed by atoms with Crippen molar-refractivity contribution in [2.75, 3.05) is 6.61 Å². The maximum Gasteiger partial charge on any atom is 0.143 e. The van der Waals surface area contributed by atoms with E-state index in [1.807, 2.05) is 36.4 Å². The van der Waals surface area contributed by atoms with E-state index in [1.165, 1.54) is 17.0 Å². The van der Waals surface area contributed by atoms with Crippen LogP contribution >= 0.6 is 0 Å². The molecule has 0 atom stereocenters. The van der Waals surface area contributed by atoms with Crippen LogP contribution in [0.4, 0.5) is 0 Å². The van der Waals surface area contributed by atoms with Crippen LogP contribution in [-0.2, 0) is 19.6 Å². The molecule has 0 amide bonds. The fourth-order valence-corrected chi connectivity index (χ4v) is 4.14. The molecule has 0 spiro atoms. The Morgan fingerprint density at radius 2 is 1.56 bits per heavy atom. The van der Waals surface area contributed by atoms with Crippen molar-refractivity contribution in [3.8, 4) is 22.9 Å². The summed E-state index contributed by atoms with van der Waals surface area (Å²) < 4.78 is 20.2. The Hall–Kier alpha value is -3.66. The average molecular weight is 426 g/mol. The first-order chi connectivity index (χ1) is 15.7. The normalized spacial score (nSPS) is 12.3. The van der Waals surface area contributed by atoms with Gasteiger partial charge in [-0.15, -0.1) is 0 Å². The summed E-state index contributed by atoms with van der Waals surface area (Å²) in [4.78, 5) is 0. The van der Waals surface area contributed by atoms with Crippen LogP contribution in [0.2, 0.25) is 0 Å². The number of rotatable bonds is 7. The Morgan fingerprint density at radius 1 is 0.781 bits per heavy atom. The van der Waals surface area contributed by atoms with E-state index in [1.54, 1.807) is 0 Å². The highest BCUT2D eigenvalue weighted by Crippen LogP contribution is 2.31. The highest BCUT2D eigenvalue weighted by molar-refractivity contribution is 5.52. The van der Waals surface area contributed by atoms with Gasteiger partial charge in [0.2, 0.25) is 0 Å². The van der Waals surface area contributed by atoms with Gasteiger partial charge >= 0.3 is 0 Å². The molecule has 0 saturated heterocycles. The first-order valence-corrected chi connectivity index (χ1v) is 11.0. The molecule has 0 bridgehead atoms. The zero-order chi connectivity index (χ0) is 21.9. The maximum atomic E-state index is 6.25. The molecule has 32 heavy (non-hydrogen) atoms. The molecule has 4 aromatic rings. The predicted molar refractivity (Wildman–Crippen MR) is 126 cm³/mol. The van der Waals surface area contributed by atoms with Gasteiger partial charge in [-0.3, -0.25) is 0 Å². The molecule has 1 aliphatic rings. The second-order valence-corrected chi connectivity index (χ2v) is 8.18. The Labute approximate surface area is 189 Å². The molecule has 0 unspecified atom stereocenters. The predicted octanol–water partition coefficient (Wildman–Crippen LogP) is 6.19. The number of aryl methyl sites for hydroxylation is 2. The van der Waals surface area contributed by atoms with Crippen LogP contribution in [0.25, 0.3) is 5.69 Å². The number of ether oxygens (including phenoxy) is 3. The number of fused-ring (bicyclic) bond motifs is 1. The first-order valence-electron chi connectivity index (χ1n) is 11.0. The Morgan fingerprint density at radius 3 is 2.38 bits per heavy atom. The van der Waals surface area contributed by atoms with Crippen molar-refractivity contribution in [2.45, 2.75) is 33.5 Å². The van der Waals surface area contributed by atoms with Crippen LogP contribution in [0.1, 0.15) is 28.1 Å². The van der Waals surface area contributed by atoms with E-state index in [0.717, 1.165) is 47.1 Å². The van der Waals surface area contributed by atoms with Gasteiger partial charge in [-0.1, -0.05) is 42.5 Å². The second kappa shape index (κ2) is 8.83. The monoisotopic (exact) mass is 425 g/mol. The van der Waals surface area contributed by atoms with Gasteiger partial charge in [0.05, 0.1) is 12.3 Å². The fraction of sp³-hybridized carbons (Fsp3) is 0.214. The molecule has 162 valence electrons. The molecule has 3 aromatic carbocycles. The van der Waals surface area contributed by atoms with Gasteiger partial charge in [0.1, 0.15) is 30.5 Å². The van der Waals surface area contributed by atoms with E-state index in [2.05, 4.69) is 60.9 Å². The van der Waals surface area contributed by atoms with Crippen molar-refractivity contribution in [3.05, 3.63) is 107 Å². The van der Waals surface area contributed by atoms with Gasteiger partial charge in [0.25, 0.3) is 0 Å². The van der Waals surface area contributed by atoms with Gasteiger partial charge in [0, 0.05) is 23.9 Å². The molecule has 5 rings (SSSR count). The molecule has 0 fully saturated rings. The number of nitrogens with zero attached hydrogens (tertiary/aromatic N) is 1. The first kappa shape index (κ1) is 20.3. The molecule has 1 aromatic heterocycles. The van der Waals surface area contributed by atoms with Gasteiger partial charge < -0.3 is 18.8 Å². The summed E-state index contributed by atoms with van der Waals surface area (Å²) in [7, 11) is 0. The molecule has 4 heteroatoms. The Kier molecular flexibility index (Phi) is 5.59. The van der Waals surface area contributed by atoms with Crippen molar-refractivity contribution in [3.63, 3.8) is 0 Å². The van der Waals surface area contributed by atoms with Gasteiger partial charge in [-0.05, 0) is 60.9 Å². The van der Waals surface area contributed by atoms with E-state index in [4.69, 9.17) is 14.2 Å². The summed E-state index contributed by atoms with van der Waals surface area (Å²) in [5.41, 5.74) is 6.84. The van der Waals surface area contributed by atoms with Crippen molar-refractivity contribution in [1.29, 1.82) is 0 Å². The van der Waals surface area contributed by atoms with Gasteiger partial charge in [-0.25, -0.2) is 0 Å². The van der Waals surface area contributed by atoms with E-state index >= 15 is 0 Å². The lowest BCUT2D eigenvalue weighted by Gasteiger charge is -2.17. The maximum absolute atomic E-state index is 6.25. The highest BCUT2D eigenvalue weighted by Gasteiger charge is 2.14. The van der Waals surface area contributed by atoms with Crippen LogP contribution in [0.5, 0.6) is 17.2 Å². The van der Waals surface area contributed by atoms with E-state index in [0.29, 0.717) is 13.2 Å². The molecular formula is C28H27NO3. The lowest BCUT2D eigenvalue weighted by Crippen LogP contribution is -2.06. The summed E-state index contributed by atoms with van der Waals surface area (Å²) in [6.45, 7) is 5.98. The summed E-state index contributed by atoms with van der Waals surface area (Å²) >= 11 is 0. The van der Waals surface area contributed by atoms with E-state index in [9.17, 15) is 0 Å². The SMILES string of the molecule is Cc1ccc(C)n1-c1cc(COc2ccc3c(c2)OCC3)ccc1OCc1ccccc1. The van der Waals surface area contributed by atoms with Crippen molar-refractivity contribution < 1.29 is 14.2 Å². The average Bonchev–Trinajstić information content (AvgIpc) is 3.42. The lowest BCUT2D eigenvalue weighted by atomic mass is 10.1. The van der Waals surface area contributed by atoms with Crippen LogP contribution < -0.4 is 14.2 Å². The van der Waals surface area contributed by atoms with Crippen LogP contribution in [0.3, 0.4) is 0 Å². The summed E-state index contributed by atoms with van der Waals surface area (Å²) in [6, 6.07) is 26.9. The molecular weight excluding hydrogens is 398 g/mol. The van der Waals surface area contributed by atoms with Crippen LogP contribution in [0, 0.1) is 13.8 Å². The largest absolute Gasteiger partial charge is 0.493 e. The van der Waals surface area contributed by atoms with Crippen molar-refractivity contribution >= 4 is 0 Å². The fourth-order valence-electron chi connectivity index (χ4n) is 4.14. The Bertz CT molecular complexity index is 1210. The zero-order valence-corrected chi connectivity index (χ0v) is 18.5. The van der Waals surface area contributed by atoms with Crippen molar-refractivity contribution in [1.82, 2.24) is 4.57 Å². The molecule has 0 saturated carbocycles. The number of hydrogen-bond donors (Lipinski definition) is 0. The van der Waals surface area contributed by atoms with Crippen LogP contribution in [0.15, 0.2) is 78.9 Å². The lowest BCUT2D eigenvalue weighted by molar-refractivity contribution is 0.298. The smallest absolute Gasteiger partial charge is 0.143 e. The Balaban J connectivity index is 1.40. The number of hydrogen-bond acceptors (Lipinski definition) is 3. The van der Waals surface area contributed by atoms with Crippen molar-refractivity contribution in [2.24, 2.45) is 0 Å². The third-order valence-electron chi connectivity index (χ3n) is 5.85. The number of aromatic nitrogens is 1. The van der Waals surface area contributed by atoms with Gasteiger partial charge in [-0.2, -0.15) is 0 Å². The minimum absolute atomic E-state index is 0.476. The molecule has 1 aliphatic heterocycles. The van der Waals surface area contributed by atoms with Crippen LogP contribution in [-0.4, -0.2) is 11.2 Å². The summed E-state index contributed by atoms with van der Waals surface area (Å²) in [5.74, 6) is 2.61. The molecule has 4 nitrogen and oxygen atoms in total. The minimum atomic E-state index is 0.476. The van der Waals surface area contributed by atoms with E-state index in [-0.39, 0.29) is 0 Å².